The standard InChI is InChI=1S/C10H15ClN2O2S/c1-9-4-3-5-10(12-9)8-13(2)16(14,15)7-6-11/h3-5H,6-8H2,1-2H3. The van der Waals surface area contributed by atoms with Crippen molar-refractivity contribution < 1.29 is 8.42 Å². The van der Waals surface area contributed by atoms with Gasteiger partial charge in [0.05, 0.1) is 18.0 Å². The van der Waals surface area contributed by atoms with Gasteiger partial charge in [-0.05, 0) is 19.1 Å². The van der Waals surface area contributed by atoms with Gasteiger partial charge in [-0.3, -0.25) is 4.98 Å². The zero-order valence-corrected chi connectivity index (χ0v) is 10.9. The second-order valence-corrected chi connectivity index (χ2v) is 6.10. The predicted molar refractivity (Wildman–Crippen MR) is 64.9 cm³/mol. The Hall–Kier alpha value is -0.650. The maximum absolute atomic E-state index is 11.6. The van der Waals surface area contributed by atoms with Crippen LogP contribution < -0.4 is 0 Å². The summed E-state index contributed by atoms with van der Waals surface area (Å²) in [5, 5.41) is 0. The molecule has 4 nitrogen and oxygen atoms in total. The minimum Gasteiger partial charge on any atom is -0.257 e. The van der Waals surface area contributed by atoms with Crippen LogP contribution in [-0.4, -0.2) is 36.4 Å². The van der Waals surface area contributed by atoms with Crippen molar-refractivity contribution in [2.45, 2.75) is 13.5 Å². The van der Waals surface area contributed by atoms with Crippen LogP contribution in [0.25, 0.3) is 0 Å². The summed E-state index contributed by atoms with van der Waals surface area (Å²) >= 11 is 5.44. The van der Waals surface area contributed by atoms with Gasteiger partial charge in [-0.15, -0.1) is 11.6 Å². The summed E-state index contributed by atoms with van der Waals surface area (Å²) in [6, 6.07) is 5.54. The third-order valence-electron chi connectivity index (χ3n) is 2.14. The Kier molecular flexibility index (Phi) is 4.70. The molecule has 0 fully saturated rings. The highest BCUT2D eigenvalue weighted by Crippen LogP contribution is 2.06. The van der Waals surface area contributed by atoms with Crippen LogP contribution in [0.3, 0.4) is 0 Å². The highest BCUT2D eigenvalue weighted by Gasteiger charge is 2.17. The van der Waals surface area contributed by atoms with Gasteiger partial charge in [0.2, 0.25) is 10.0 Å². The lowest BCUT2D eigenvalue weighted by Gasteiger charge is -2.15. The van der Waals surface area contributed by atoms with E-state index < -0.39 is 10.0 Å². The van der Waals surface area contributed by atoms with E-state index in [1.54, 1.807) is 6.07 Å². The number of pyridine rings is 1. The number of aryl methyl sites for hydroxylation is 1. The van der Waals surface area contributed by atoms with Crippen molar-refractivity contribution in [1.29, 1.82) is 0 Å². The summed E-state index contributed by atoms with van der Waals surface area (Å²) < 4.78 is 24.5. The van der Waals surface area contributed by atoms with Gasteiger partial charge >= 0.3 is 0 Å². The monoisotopic (exact) mass is 262 g/mol. The predicted octanol–water partition coefficient (Wildman–Crippen LogP) is 1.39. The molecule has 0 radical (unpaired) electrons. The van der Waals surface area contributed by atoms with E-state index in [1.807, 2.05) is 19.1 Å². The van der Waals surface area contributed by atoms with Crippen LogP contribution in [0.2, 0.25) is 0 Å². The lowest BCUT2D eigenvalue weighted by Crippen LogP contribution is -2.29. The fraction of sp³-hybridized carbons (Fsp3) is 0.500. The molecule has 0 saturated heterocycles. The fourth-order valence-corrected chi connectivity index (χ4v) is 2.69. The summed E-state index contributed by atoms with van der Waals surface area (Å²) in [7, 11) is -1.73. The molecule has 0 amide bonds. The highest BCUT2D eigenvalue weighted by atomic mass is 35.5. The number of halogens is 1. The van der Waals surface area contributed by atoms with E-state index in [4.69, 9.17) is 11.6 Å². The lowest BCUT2D eigenvalue weighted by atomic mass is 10.3. The van der Waals surface area contributed by atoms with Crippen molar-refractivity contribution >= 4 is 21.6 Å². The van der Waals surface area contributed by atoms with Crippen molar-refractivity contribution in [2.75, 3.05) is 18.7 Å². The zero-order valence-electron chi connectivity index (χ0n) is 9.35. The van der Waals surface area contributed by atoms with E-state index in [1.165, 1.54) is 11.4 Å². The van der Waals surface area contributed by atoms with Gasteiger partial charge in [-0.25, -0.2) is 8.42 Å². The molecule has 0 aliphatic heterocycles. The van der Waals surface area contributed by atoms with Crippen LogP contribution in [0, 0.1) is 6.92 Å². The molecule has 0 aliphatic rings. The first kappa shape index (κ1) is 13.4. The number of rotatable bonds is 5. The van der Waals surface area contributed by atoms with Crippen LogP contribution in [0.15, 0.2) is 18.2 Å². The number of nitrogens with zero attached hydrogens (tertiary/aromatic N) is 2. The molecule has 0 saturated carbocycles. The van der Waals surface area contributed by atoms with Crippen LogP contribution in [0.5, 0.6) is 0 Å². The third-order valence-corrected chi connectivity index (χ3v) is 4.35. The van der Waals surface area contributed by atoms with E-state index in [-0.39, 0.29) is 18.2 Å². The molecule has 1 aromatic rings. The van der Waals surface area contributed by atoms with E-state index in [0.717, 1.165) is 11.4 Å². The van der Waals surface area contributed by atoms with Crippen molar-refractivity contribution in [3.05, 3.63) is 29.6 Å². The summed E-state index contributed by atoms with van der Waals surface area (Å²) in [5.41, 5.74) is 1.61. The number of hydrogen-bond acceptors (Lipinski definition) is 3. The molecule has 0 unspecified atom stereocenters. The normalized spacial score (nSPS) is 12.0. The number of alkyl halides is 1. The average Bonchev–Trinajstić information content (AvgIpc) is 2.17. The molecule has 0 aliphatic carbocycles. The molecule has 0 N–H and O–H groups in total. The molecular formula is C10H15ClN2O2S. The Morgan fingerprint density at radius 2 is 2.12 bits per heavy atom. The van der Waals surface area contributed by atoms with Crippen molar-refractivity contribution in [2.24, 2.45) is 0 Å². The van der Waals surface area contributed by atoms with Crippen LogP contribution >= 0.6 is 11.6 Å². The van der Waals surface area contributed by atoms with Gasteiger partial charge in [0.15, 0.2) is 0 Å². The maximum Gasteiger partial charge on any atom is 0.215 e. The van der Waals surface area contributed by atoms with Gasteiger partial charge in [0, 0.05) is 18.6 Å². The molecule has 0 atom stereocenters. The fourth-order valence-electron chi connectivity index (χ4n) is 1.27. The average molecular weight is 263 g/mol. The Morgan fingerprint density at radius 3 is 2.69 bits per heavy atom. The molecule has 0 bridgehead atoms. The summed E-state index contributed by atoms with van der Waals surface area (Å²) in [6.07, 6.45) is 0. The molecule has 16 heavy (non-hydrogen) atoms. The van der Waals surface area contributed by atoms with Crippen molar-refractivity contribution in [3.8, 4) is 0 Å². The van der Waals surface area contributed by atoms with Crippen molar-refractivity contribution in [3.63, 3.8) is 0 Å². The molecule has 1 heterocycles. The largest absolute Gasteiger partial charge is 0.257 e. The SMILES string of the molecule is Cc1cccc(CN(C)S(=O)(=O)CCCl)n1. The quantitative estimate of drug-likeness (QED) is 0.754. The van der Waals surface area contributed by atoms with E-state index >= 15 is 0 Å². The molecule has 1 aromatic heterocycles. The lowest BCUT2D eigenvalue weighted by molar-refractivity contribution is 0.463. The van der Waals surface area contributed by atoms with Gasteiger partial charge in [0.25, 0.3) is 0 Å². The van der Waals surface area contributed by atoms with Gasteiger partial charge < -0.3 is 0 Å². The van der Waals surface area contributed by atoms with E-state index in [9.17, 15) is 8.42 Å². The maximum atomic E-state index is 11.6. The third kappa shape index (κ3) is 3.73. The number of aromatic nitrogens is 1. The second-order valence-electron chi connectivity index (χ2n) is 3.53. The topological polar surface area (TPSA) is 50.3 Å². The smallest absolute Gasteiger partial charge is 0.215 e. The molecule has 0 aromatic carbocycles. The number of hydrogen-bond donors (Lipinski definition) is 0. The summed E-state index contributed by atoms with van der Waals surface area (Å²) in [4.78, 5) is 4.25. The molecule has 1 rings (SSSR count). The molecule has 6 heteroatoms. The molecular weight excluding hydrogens is 248 g/mol. The van der Waals surface area contributed by atoms with Gasteiger partial charge in [0.1, 0.15) is 0 Å². The minimum atomic E-state index is -3.26. The van der Waals surface area contributed by atoms with Gasteiger partial charge in [-0.2, -0.15) is 4.31 Å². The first-order valence-electron chi connectivity index (χ1n) is 4.88. The first-order chi connectivity index (χ1) is 7.45. The Labute approximate surface area is 101 Å². The molecule has 90 valence electrons. The Balaban J connectivity index is 2.75. The van der Waals surface area contributed by atoms with Gasteiger partial charge in [-0.1, -0.05) is 6.07 Å². The van der Waals surface area contributed by atoms with E-state index in [0.29, 0.717) is 0 Å². The Bertz CT molecular complexity index is 448. The second kappa shape index (κ2) is 5.61. The highest BCUT2D eigenvalue weighted by molar-refractivity contribution is 7.89. The van der Waals surface area contributed by atoms with Crippen LogP contribution in [0.1, 0.15) is 11.4 Å². The first-order valence-corrected chi connectivity index (χ1v) is 7.02. The number of sulfonamides is 1. The Morgan fingerprint density at radius 1 is 1.44 bits per heavy atom. The summed E-state index contributed by atoms with van der Waals surface area (Å²) in [6.45, 7) is 2.15. The zero-order chi connectivity index (χ0) is 12.2. The van der Waals surface area contributed by atoms with E-state index in [2.05, 4.69) is 4.98 Å². The molecule has 0 spiro atoms. The van der Waals surface area contributed by atoms with Crippen molar-refractivity contribution in [1.82, 2.24) is 9.29 Å². The summed E-state index contributed by atoms with van der Waals surface area (Å²) in [5.74, 6) is 0.0603. The van der Waals surface area contributed by atoms with Crippen LogP contribution in [-0.2, 0) is 16.6 Å². The van der Waals surface area contributed by atoms with Crippen LogP contribution in [0.4, 0.5) is 0 Å². The minimum absolute atomic E-state index is 0.0448.